The normalized spacial score (nSPS) is 11.9. The number of methoxy groups -OCH3 is 1. The summed E-state index contributed by atoms with van der Waals surface area (Å²) in [5.41, 5.74) is 0.719. The Balaban J connectivity index is 2.56. The average molecular weight is 252 g/mol. The Morgan fingerprint density at radius 1 is 1.39 bits per heavy atom. The van der Waals surface area contributed by atoms with E-state index in [-0.39, 0.29) is 11.9 Å². The van der Waals surface area contributed by atoms with Gasteiger partial charge in [-0.05, 0) is 26.1 Å². The summed E-state index contributed by atoms with van der Waals surface area (Å²) in [7, 11) is 3.37. The number of likely N-dealkylation sites (N-methyl/N-ethyl adjacent to an activating group) is 1. The Bertz CT molecular complexity index is 382. The van der Waals surface area contributed by atoms with Crippen LogP contribution in [0.3, 0.4) is 0 Å². The number of nitrogens with one attached hydrogen (secondary N) is 2. The predicted octanol–water partition coefficient (Wildman–Crippen LogP) is 1.26. The Morgan fingerprint density at radius 2 is 2.17 bits per heavy atom. The van der Waals surface area contributed by atoms with E-state index in [9.17, 15) is 4.79 Å². The highest BCUT2D eigenvalue weighted by molar-refractivity contribution is 5.94. The van der Waals surface area contributed by atoms with Gasteiger partial charge >= 0.3 is 0 Å². The van der Waals surface area contributed by atoms with Crippen LogP contribution in [0.2, 0.25) is 0 Å². The molecular weight excluding hydrogens is 232 g/mol. The maximum absolute atomic E-state index is 11.7. The van der Waals surface area contributed by atoms with Gasteiger partial charge in [0, 0.05) is 18.9 Å². The Kier molecular flexibility index (Phi) is 6.18. The third kappa shape index (κ3) is 4.73. The first-order valence-corrected chi connectivity index (χ1v) is 5.87. The van der Waals surface area contributed by atoms with E-state index in [0.717, 1.165) is 5.69 Å². The maximum Gasteiger partial charge on any atom is 0.241 e. The first-order valence-electron chi connectivity index (χ1n) is 5.87. The SMILES string of the molecule is CNC(C)C(=O)Nc1cccc(OCCOC)c1. The molecule has 1 aromatic rings. The second-order valence-electron chi connectivity index (χ2n) is 3.87. The Labute approximate surface area is 107 Å². The van der Waals surface area contributed by atoms with Crippen LogP contribution in [0.1, 0.15) is 6.92 Å². The van der Waals surface area contributed by atoms with Crippen molar-refractivity contribution in [3.8, 4) is 5.75 Å². The van der Waals surface area contributed by atoms with Gasteiger partial charge in [0.25, 0.3) is 0 Å². The average Bonchev–Trinajstić information content (AvgIpc) is 2.38. The fourth-order valence-corrected chi connectivity index (χ4v) is 1.29. The lowest BCUT2D eigenvalue weighted by atomic mass is 10.2. The first kappa shape index (κ1) is 14.5. The lowest BCUT2D eigenvalue weighted by Gasteiger charge is -2.12. The summed E-state index contributed by atoms with van der Waals surface area (Å²) < 4.78 is 10.4. The smallest absolute Gasteiger partial charge is 0.241 e. The number of benzene rings is 1. The maximum atomic E-state index is 11.7. The number of hydrogen-bond donors (Lipinski definition) is 2. The summed E-state index contributed by atoms with van der Waals surface area (Å²) in [5, 5.41) is 5.69. The van der Waals surface area contributed by atoms with E-state index < -0.39 is 0 Å². The highest BCUT2D eigenvalue weighted by Gasteiger charge is 2.10. The molecule has 2 N–H and O–H groups in total. The standard InChI is InChI=1S/C13H20N2O3/c1-10(14-2)13(16)15-11-5-4-6-12(9-11)18-8-7-17-3/h4-6,9-10,14H,7-8H2,1-3H3,(H,15,16). The molecule has 1 rings (SSSR count). The fraction of sp³-hybridized carbons (Fsp3) is 0.462. The van der Waals surface area contributed by atoms with E-state index in [1.807, 2.05) is 18.2 Å². The van der Waals surface area contributed by atoms with Crippen LogP contribution in [0, 0.1) is 0 Å². The molecule has 5 heteroatoms. The van der Waals surface area contributed by atoms with E-state index in [1.54, 1.807) is 27.1 Å². The van der Waals surface area contributed by atoms with Crippen LogP contribution < -0.4 is 15.4 Å². The van der Waals surface area contributed by atoms with Gasteiger partial charge in [0.1, 0.15) is 12.4 Å². The molecule has 1 aromatic carbocycles. The van der Waals surface area contributed by atoms with Crippen molar-refractivity contribution < 1.29 is 14.3 Å². The topological polar surface area (TPSA) is 59.6 Å². The summed E-state index contributed by atoms with van der Waals surface area (Å²) in [5.74, 6) is 0.633. The van der Waals surface area contributed by atoms with Gasteiger partial charge in [0.2, 0.25) is 5.91 Å². The minimum atomic E-state index is -0.233. The summed E-state index contributed by atoms with van der Waals surface area (Å²) >= 11 is 0. The second-order valence-corrected chi connectivity index (χ2v) is 3.87. The quantitative estimate of drug-likeness (QED) is 0.717. The van der Waals surface area contributed by atoms with Gasteiger partial charge < -0.3 is 20.1 Å². The molecule has 0 saturated carbocycles. The number of ether oxygens (including phenoxy) is 2. The zero-order valence-corrected chi connectivity index (χ0v) is 11.0. The van der Waals surface area contributed by atoms with E-state index in [2.05, 4.69) is 10.6 Å². The van der Waals surface area contributed by atoms with Crippen molar-refractivity contribution in [3.63, 3.8) is 0 Å². The molecule has 0 fully saturated rings. The van der Waals surface area contributed by atoms with Crippen molar-refractivity contribution in [2.75, 3.05) is 32.7 Å². The monoisotopic (exact) mass is 252 g/mol. The van der Waals surface area contributed by atoms with Gasteiger partial charge in [-0.2, -0.15) is 0 Å². The minimum Gasteiger partial charge on any atom is -0.491 e. The van der Waals surface area contributed by atoms with Crippen LogP contribution in [-0.4, -0.2) is 39.3 Å². The molecule has 5 nitrogen and oxygen atoms in total. The molecule has 0 radical (unpaired) electrons. The molecule has 0 saturated heterocycles. The molecule has 0 bridgehead atoms. The van der Waals surface area contributed by atoms with Gasteiger partial charge in [0.15, 0.2) is 0 Å². The van der Waals surface area contributed by atoms with Crippen molar-refractivity contribution in [2.24, 2.45) is 0 Å². The van der Waals surface area contributed by atoms with Gasteiger partial charge in [-0.15, -0.1) is 0 Å². The number of hydrogen-bond acceptors (Lipinski definition) is 4. The fourth-order valence-electron chi connectivity index (χ4n) is 1.29. The van der Waals surface area contributed by atoms with Crippen LogP contribution in [0.25, 0.3) is 0 Å². The van der Waals surface area contributed by atoms with Crippen LogP contribution >= 0.6 is 0 Å². The van der Waals surface area contributed by atoms with E-state index in [0.29, 0.717) is 19.0 Å². The summed E-state index contributed by atoms with van der Waals surface area (Å²) in [6, 6.07) is 7.05. The Morgan fingerprint density at radius 3 is 2.83 bits per heavy atom. The second kappa shape index (κ2) is 7.68. The zero-order valence-electron chi connectivity index (χ0n) is 11.0. The number of anilines is 1. The molecular formula is C13H20N2O3. The van der Waals surface area contributed by atoms with Crippen LogP contribution in [0.15, 0.2) is 24.3 Å². The first-order chi connectivity index (χ1) is 8.67. The summed E-state index contributed by atoms with van der Waals surface area (Å²) in [4.78, 5) is 11.7. The Hall–Kier alpha value is -1.59. The van der Waals surface area contributed by atoms with Crippen molar-refractivity contribution in [2.45, 2.75) is 13.0 Å². The third-order valence-corrected chi connectivity index (χ3v) is 2.48. The molecule has 1 unspecified atom stereocenters. The third-order valence-electron chi connectivity index (χ3n) is 2.48. The van der Waals surface area contributed by atoms with Gasteiger partial charge in [0.05, 0.1) is 12.6 Å². The van der Waals surface area contributed by atoms with Crippen LogP contribution in [-0.2, 0) is 9.53 Å². The number of carbonyl (C=O) groups excluding carboxylic acids is 1. The molecule has 0 aliphatic rings. The molecule has 1 atom stereocenters. The van der Waals surface area contributed by atoms with Crippen molar-refractivity contribution in [1.82, 2.24) is 5.32 Å². The molecule has 0 aliphatic carbocycles. The number of amides is 1. The highest BCUT2D eigenvalue weighted by Crippen LogP contribution is 2.17. The van der Waals surface area contributed by atoms with Gasteiger partial charge in [-0.25, -0.2) is 0 Å². The zero-order chi connectivity index (χ0) is 13.4. The molecule has 0 heterocycles. The molecule has 1 amide bonds. The highest BCUT2D eigenvalue weighted by atomic mass is 16.5. The van der Waals surface area contributed by atoms with Gasteiger partial charge in [-0.1, -0.05) is 6.07 Å². The van der Waals surface area contributed by atoms with E-state index in [1.165, 1.54) is 0 Å². The largest absolute Gasteiger partial charge is 0.491 e. The predicted molar refractivity (Wildman–Crippen MR) is 71.0 cm³/mol. The molecule has 0 aliphatic heterocycles. The van der Waals surface area contributed by atoms with Crippen molar-refractivity contribution >= 4 is 11.6 Å². The number of carbonyl (C=O) groups is 1. The molecule has 0 spiro atoms. The van der Waals surface area contributed by atoms with Crippen molar-refractivity contribution in [1.29, 1.82) is 0 Å². The molecule has 100 valence electrons. The van der Waals surface area contributed by atoms with E-state index >= 15 is 0 Å². The summed E-state index contributed by atoms with van der Waals surface area (Å²) in [6.07, 6.45) is 0. The van der Waals surface area contributed by atoms with Crippen molar-refractivity contribution in [3.05, 3.63) is 24.3 Å². The lowest BCUT2D eigenvalue weighted by Crippen LogP contribution is -2.35. The minimum absolute atomic E-state index is 0.0773. The van der Waals surface area contributed by atoms with Gasteiger partial charge in [-0.3, -0.25) is 4.79 Å². The number of rotatable bonds is 7. The lowest BCUT2D eigenvalue weighted by molar-refractivity contribution is -0.117. The summed E-state index contributed by atoms with van der Waals surface area (Å²) in [6.45, 7) is 2.82. The van der Waals surface area contributed by atoms with E-state index in [4.69, 9.17) is 9.47 Å². The molecule has 0 aromatic heterocycles. The molecule has 18 heavy (non-hydrogen) atoms. The van der Waals surface area contributed by atoms with Crippen LogP contribution in [0.4, 0.5) is 5.69 Å². The van der Waals surface area contributed by atoms with Crippen LogP contribution in [0.5, 0.6) is 5.75 Å².